The van der Waals surface area contributed by atoms with Gasteiger partial charge >= 0.3 is 11.9 Å². The van der Waals surface area contributed by atoms with Crippen molar-refractivity contribution in [3.63, 3.8) is 0 Å². The summed E-state index contributed by atoms with van der Waals surface area (Å²) in [6.45, 7) is 18.9. The van der Waals surface area contributed by atoms with Crippen molar-refractivity contribution in [3.05, 3.63) is 153 Å². The highest BCUT2D eigenvalue weighted by Crippen LogP contribution is 2.49. The molecule has 8 unspecified atom stereocenters. The predicted molar refractivity (Wildman–Crippen MR) is 511 cm³/mol. The summed E-state index contributed by atoms with van der Waals surface area (Å²) < 4.78 is 164. The Bertz CT molecular complexity index is 5200. The average molecular weight is 2020 g/mol. The molecule has 8 atom stereocenters. The minimum absolute atomic E-state index is 0.0455. The maximum absolute atomic E-state index is 15.4. The smallest absolute Gasteiger partial charge is 0.338 e. The molecule has 786 valence electrons. The topological polar surface area (TPSA) is 512 Å². The third-order valence-corrected chi connectivity index (χ3v) is 23.0. The Kier molecular flexibility index (Phi) is 42.5. The lowest BCUT2D eigenvalue weighted by molar-refractivity contribution is -0.205. The molecule has 46 heteroatoms. The number of carbonyl (C=O) groups excluding carboxylic acids is 4. The van der Waals surface area contributed by atoms with Crippen LogP contribution in [0.25, 0.3) is 56.0 Å². The monoisotopic (exact) mass is 2020 g/mol. The van der Waals surface area contributed by atoms with E-state index in [1.54, 1.807) is 51.7 Å². The van der Waals surface area contributed by atoms with Crippen molar-refractivity contribution >= 4 is 69.4 Å². The molecule has 6 N–H and O–H groups in total. The van der Waals surface area contributed by atoms with Crippen LogP contribution >= 0.6 is 0 Å². The molecule has 144 heavy (non-hydrogen) atoms. The highest BCUT2D eigenvalue weighted by Gasteiger charge is 2.61. The number of imidazole rings is 2. The molecule has 4 fully saturated rings. The van der Waals surface area contributed by atoms with E-state index in [9.17, 15) is 19.2 Å². The fourth-order valence-corrected chi connectivity index (χ4v) is 16.4. The molecule has 4 aromatic carbocycles. The Balaban J connectivity index is 0.484. The highest BCUT2D eigenvalue weighted by atomic mass is 16.8. The summed E-state index contributed by atoms with van der Waals surface area (Å²) in [6.07, 6.45) is -4.46. The number of amides is 2. The first-order valence-electron chi connectivity index (χ1n) is 48.1. The molecule has 46 nitrogen and oxygen atoms in total. The summed E-state index contributed by atoms with van der Waals surface area (Å²) in [5.41, 5.74) is 17.4. The van der Waals surface area contributed by atoms with Gasteiger partial charge in [0.2, 0.25) is 11.9 Å². The highest BCUT2D eigenvalue weighted by molar-refractivity contribution is 6.30. The number of hydrogen-bond acceptors (Lipinski definition) is 40. The van der Waals surface area contributed by atoms with Gasteiger partial charge in [0.25, 0.3) is 22.9 Å². The number of anilines is 2. The molecule has 2 amide bonds. The van der Waals surface area contributed by atoms with Gasteiger partial charge < -0.3 is 154 Å². The maximum Gasteiger partial charge on any atom is 0.338 e. The second-order valence-electron chi connectivity index (χ2n) is 34.0. The van der Waals surface area contributed by atoms with Gasteiger partial charge in [0.05, 0.1) is 260 Å². The van der Waals surface area contributed by atoms with E-state index in [0.29, 0.717) is 219 Å². The predicted octanol–water partition coefficient (Wildman–Crippen LogP) is 4.50. The van der Waals surface area contributed by atoms with Gasteiger partial charge in [-0.3, -0.25) is 38.3 Å². The number of aromatic nitrogens is 8. The van der Waals surface area contributed by atoms with Crippen LogP contribution in [-0.4, -0.2) is 399 Å². The Morgan fingerprint density at radius 2 is 0.583 bits per heavy atom. The van der Waals surface area contributed by atoms with E-state index < -0.39 is 83.7 Å². The molecule has 0 radical (unpaired) electrons. The molecule has 0 spiro atoms. The van der Waals surface area contributed by atoms with E-state index in [1.807, 2.05) is 97.1 Å². The van der Waals surface area contributed by atoms with Gasteiger partial charge in [-0.25, -0.2) is 19.6 Å². The standard InChI is InChI=1S/C98H130N12O34/c1-97(2)141-79-81(143-97)91(109-63-101-75-85(109)103-95(99)105-87(75)111)139-83(79)93(115)137-61-57-133-53-49-129-45-41-125-39-43-127-47-51-131-55-59-135-71-19-15-67(16-20-71)65-7-11-69(12-8-65)77-73-74(90(114)107(77)23-25-119-31-33-123-37-35-121-29-27-117-5)78(108(89(73)113)24-26-120-32-34-124-38-36-122-30-28-118-6)70-13-9-66(10-14-70)68-17-21-72(22-18-68)136-60-56-132-52-48-128-44-40-126-42-46-130-50-54-134-58-62-138-94(116)84-80-82(144-98(3,4)142-80)92(140-84)110-64-102-76-86(110)104-96(100)106-88(76)112/h7-22,63-64,79-84,91-92H,23-62H2,1-6H3,(H3,99,103,105,111)(H3,100,104,106,112). The summed E-state index contributed by atoms with van der Waals surface area (Å²) in [4.78, 5) is 107. The first kappa shape index (κ1) is 109. The molecule has 10 heterocycles. The number of methoxy groups -OCH3 is 2. The summed E-state index contributed by atoms with van der Waals surface area (Å²) in [5.74, 6) is -2.97. The molecule has 4 aromatic heterocycles. The van der Waals surface area contributed by atoms with Crippen LogP contribution in [0.4, 0.5) is 11.9 Å². The molecule has 6 aliphatic heterocycles. The number of fused-ring (bicyclic) bond motifs is 5. The Labute approximate surface area is 831 Å². The summed E-state index contributed by atoms with van der Waals surface area (Å²) in [7, 11) is 3.23. The van der Waals surface area contributed by atoms with Gasteiger partial charge in [-0.1, -0.05) is 72.8 Å². The van der Waals surface area contributed by atoms with Gasteiger partial charge in [0.15, 0.2) is 58.6 Å². The van der Waals surface area contributed by atoms with E-state index in [2.05, 4.69) is 29.9 Å². The van der Waals surface area contributed by atoms with Crippen LogP contribution in [0.1, 0.15) is 51.3 Å². The zero-order valence-electron chi connectivity index (χ0n) is 81.9. The number of hydrogen-bond donors (Lipinski definition) is 4. The molecule has 0 bridgehead atoms. The number of nitrogens with one attached hydrogen (secondary N) is 2. The first-order chi connectivity index (χ1) is 70.3. The molecule has 0 saturated carbocycles. The van der Waals surface area contributed by atoms with Crippen molar-refractivity contribution in [3.8, 4) is 33.8 Å². The molecular weight excluding hydrogens is 1890 g/mol. The number of nitrogens with two attached hydrogens (primary N) is 2. The molecule has 8 aromatic rings. The molecule has 14 rings (SSSR count). The Morgan fingerprint density at radius 1 is 0.333 bits per heavy atom. The fourth-order valence-electron chi connectivity index (χ4n) is 16.4. The molecular formula is C98H130N12O34. The van der Waals surface area contributed by atoms with Gasteiger partial charge in [0, 0.05) is 27.3 Å². The molecule has 4 saturated heterocycles. The lowest BCUT2D eigenvalue weighted by Gasteiger charge is -2.25. The van der Waals surface area contributed by atoms with Crippen molar-refractivity contribution in [2.75, 3.05) is 290 Å². The Morgan fingerprint density at radius 3 is 0.875 bits per heavy atom. The second kappa shape index (κ2) is 56.2. The Hall–Kier alpha value is -10.8. The van der Waals surface area contributed by atoms with Crippen molar-refractivity contribution in [2.45, 2.75) is 88.3 Å². The molecule has 6 aliphatic rings. The molecule has 0 aliphatic carbocycles. The van der Waals surface area contributed by atoms with Crippen LogP contribution in [0, 0.1) is 0 Å². The third kappa shape index (κ3) is 30.7. The second-order valence-corrected chi connectivity index (χ2v) is 34.0. The van der Waals surface area contributed by atoms with Crippen LogP contribution in [0.15, 0.2) is 130 Å². The van der Waals surface area contributed by atoms with Crippen LogP contribution in [0.2, 0.25) is 0 Å². The van der Waals surface area contributed by atoms with Crippen LogP contribution < -0.4 is 32.1 Å². The number of esters is 2. The number of ether oxygens (including phenoxy) is 28. The van der Waals surface area contributed by atoms with Crippen molar-refractivity contribution in [1.82, 2.24) is 48.8 Å². The van der Waals surface area contributed by atoms with E-state index in [1.165, 1.54) is 21.8 Å². The van der Waals surface area contributed by atoms with E-state index in [4.69, 9.17) is 144 Å². The van der Waals surface area contributed by atoms with E-state index in [-0.39, 0.29) is 136 Å². The SMILES string of the molecule is COCCOCCOCCOCCN1C(=O)C2=C(c3ccc(-c4ccc(OCCOCCOCCOCCOCCOCCOC(=O)C5OC(n6cnc7c(=O)[nH]c(N)nc76)C6OC(C)(C)OC56)cc4)cc3)N(CCOCCOCCOCCOC)C(=O)C2=C1c1ccc(-c2ccc(OCCOCCOCCOCCOCCOCCOC(=O)C3OC(n4cnc5c(=O)[nH]c(N)nc54)C4OC(C)(C)OC34)cc2)cc1. The first-order valence-corrected chi connectivity index (χ1v) is 48.1. The quantitative estimate of drug-likeness (QED) is 0.0301. The maximum atomic E-state index is 15.4. The zero-order chi connectivity index (χ0) is 101. The largest absolute Gasteiger partial charge is 0.491 e. The lowest BCUT2D eigenvalue weighted by atomic mass is 9.98. The minimum atomic E-state index is -1.14. The fraction of sp³-hybridized carbons (Fsp3) is 0.571. The average Bonchev–Trinajstić information content (AvgIpc) is 1.55. The number of nitrogens with zero attached hydrogens (tertiary/aromatic N) is 8. The van der Waals surface area contributed by atoms with Gasteiger partial charge in [-0.15, -0.1) is 0 Å². The van der Waals surface area contributed by atoms with Crippen LogP contribution in [0.5, 0.6) is 11.5 Å². The van der Waals surface area contributed by atoms with Crippen LogP contribution in [0.3, 0.4) is 0 Å². The van der Waals surface area contributed by atoms with Gasteiger partial charge in [0.1, 0.15) is 62.3 Å². The van der Waals surface area contributed by atoms with Crippen molar-refractivity contribution < 1.29 is 152 Å². The third-order valence-electron chi connectivity index (χ3n) is 23.0. The van der Waals surface area contributed by atoms with E-state index in [0.717, 1.165) is 22.3 Å². The van der Waals surface area contributed by atoms with Crippen molar-refractivity contribution in [1.29, 1.82) is 0 Å². The summed E-state index contributed by atoms with van der Waals surface area (Å²) in [5, 5.41) is 0. The zero-order valence-corrected chi connectivity index (χ0v) is 81.9. The number of benzene rings is 4. The van der Waals surface area contributed by atoms with Gasteiger partial charge in [-0.05, 0) is 85.3 Å². The normalized spacial score (nSPS) is 19.5. The number of nitrogen functional groups attached to an aromatic ring is 2. The van der Waals surface area contributed by atoms with Gasteiger partial charge in [-0.2, -0.15) is 9.97 Å². The lowest BCUT2D eigenvalue weighted by Crippen LogP contribution is -2.37. The number of carbonyl (C=O) groups is 4. The van der Waals surface area contributed by atoms with Crippen molar-refractivity contribution in [2.24, 2.45) is 0 Å². The van der Waals surface area contributed by atoms with E-state index >= 15 is 9.59 Å². The number of H-pyrrole nitrogens is 2. The minimum Gasteiger partial charge on any atom is -0.491 e. The number of rotatable bonds is 70. The summed E-state index contributed by atoms with van der Waals surface area (Å²) >= 11 is 0. The van der Waals surface area contributed by atoms with Crippen LogP contribution in [-0.2, 0) is 142 Å². The number of aromatic amines is 2. The summed E-state index contributed by atoms with van der Waals surface area (Å²) in [6, 6.07) is 31.0.